The highest BCUT2D eigenvalue weighted by atomic mass is 16.5. The van der Waals surface area contributed by atoms with Crippen molar-refractivity contribution in [3.8, 4) is 23.1 Å². The fourth-order valence-electron chi connectivity index (χ4n) is 4.56. The fraction of sp³-hybridized carbons (Fsp3) is 0.345. The van der Waals surface area contributed by atoms with E-state index in [2.05, 4.69) is 37.7 Å². The molecule has 0 spiro atoms. The Morgan fingerprint density at radius 1 is 1.18 bits per heavy atom. The molecule has 1 fully saturated rings. The zero-order valence-electron chi connectivity index (χ0n) is 22.6. The third-order valence-electron chi connectivity index (χ3n) is 6.52. The van der Waals surface area contributed by atoms with Crippen LogP contribution in [-0.4, -0.2) is 84.1 Å². The first-order chi connectivity index (χ1) is 19.4. The lowest BCUT2D eigenvalue weighted by molar-refractivity contribution is -0.144. The lowest BCUT2D eigenvalue weighted by atomic mass is 10.0. The van der Waals surface area contributed by atoms with Crippen LogP contribution in [0.25, 0.3) is 22.2 Å². The fourth-order valence-corrected chi connectivity index (χ4v) is 4.56. The van der Waals surface area contributed by atoms with Gasteiger partial charge >= 0.3 is 5.97 Å². The number of fused-ring (bicyclic) bond motifs is 1. The number of nitrogens with one attached hydrogen (secondary N) is 1. The molecule has 1 amide bonds. The van der Waals surface area contributed by atoms with Crippen molar-refractivity contribution in [3.63, 3.8) is 0 Å². The minimum Gasteiger partial charge on any atom is -0.491 e. The van der Waals surface area contributed by atoms with Gasteiger partial charge in [-0.1, -0.05) is 18.7 Å². The zero-order valence-corrected chi connectivity index (χ0v) is 22.6. The maximum absolute atomic E-state index is 12.2. The van der Waals surface area contributed by atoms with Crippen molar-refractivity contribution >= 4 is 34.4 Å². The second-order valence-corrected chi connectivity index (χ2v) is 9.31. The summed E-state index contributed by atoms with van der Waals surface area (Å²) in [5.74, 6) is -0.0271. The monoisotopic (exact) mass is 543 g/mol. The van der Waals surface area contributed by atoms with E-state index >= 15 is 0 Å². The van der Waals surface area contributed by atoms with Crippen molar-refractivity contribution in [1.29, 1.82) is 5.26 Å². The lowest BCUT2D eigenvalue weighted by Crippen LogP contribution is -2.48. The first kappa shape index (κ1) is 28.5. The van der Waals surface area contributed by atoms with E-state index in [0.717, 1.165) is 39.1 Å². The molecule has 40 heavy (non-hydrogen) atoms. The number of carbonyl (C=O) groups excluding carboxylic acids is 2. The molecule has 0 saturated carbocycles. The molecular formula is C29H33N7O4. The Bertz CT molecular complexity index is 1430. The van der Waals surface area contributed by atoms with Crippen LogP contribution in [0.5, 0.6) is 5.75 Å². The summed E-state index contributed by atoms with van der Waals surface area (Å²) >= 11 is 0. The first-order valence-electron chi connectivity index (χ1n) is 13.2. The molecule has 0 aliphatic carbocycles. The van der Waals surface area contributed by atoms with Gasteiger partial charge in [0.05, 0.1) is 48.3 Å². The van der Waals surface area contributed by atoms with E-state index in [4.69, 9.17) is 15.2 Å². The van der Waals surface area contributed by atoms with Gasteiger partial charge in [-0.15, -0.1) is 0 Å². The molecule has 2 aromatic carbocycles. The molecule has 1 saturated heterocycles. The molecule has 0 bridgehead atoms. The van der Waals surface area contributed by atoms with Crippen LogP contribution in [-0.2, 0) is 14.3 Å². The summed E-state index contributed by atoms with van der Waals surface area (Å²) in [5.41, 5.74) is 8.77. The maximum atomic E-state index is 12.2. The summed E-state index contributed by atoms with van der Waals surface area (Å²) in [4.78, 5) is 37.2. The molecule has 4 rings (SSSR count). The van der Waals surface area contributed by atoms with Crippen molar-refractivity contribution in [3.05, 3.63) is 54.6 Å². The van der Waals surface area contributed by atoms with Gasteiger partial charge in [0.1, 0.15) is 5.75 Å². The van der Waals surface area contributed by atoms with Crippen LogP contribution in [0.4, 0.5) is 11.6 Å². The predicted molar refractivity (Wildman–Crippen MR) is 153 cm³/mol. The SMILES string of the molecule is C=CC(=O)Nc1cc2c(-c3cccc(C#N)c3)nc(N)nc2cc1OCCCN1CCN(CC(=O)OCC)CC1. The average Bonchev–Trinajstić information content (AvgIpc) is 2.96. The van der Waals surface area contributed by atoms with E-state index < -0.39 is 0 Å². The summed E-state index contributed by atoms with van der Waals surface area (Å²) in [7, 11) is 0. The van der Waals surface area contributed by atoms with Gasteiger partial charge in [0.15, 0.2) is 0 Å². The number of nitriles is 1. The molecule has 2 heterocycles. The molecule has 1 aliphatic heterocycles. The van der Waals surface area contributed by atoms with Crippen molar-refractivity contribution in [1.82, 2.24) is 19.8 Å². The first-order valence-corrected chi connectivity index (χ1v) is 13.2. The lowest BCUT2D eigenvalue weighted by Gasteiger charge is -2.34. The number of rotatable bonds is 11. The summed E-state index contributed by atoms with van der Waals surface area (Å²) in [6, 6.07) is 12.7. The minimum atomic E-state index is -0.380. The zero-order chi connectivity index (χ0) is 28.5. The number of aromatic nitrogens is 2. The van der Waals surface area contributed by atoms with Crippen LogP contribution in [0.2, 0.25) is 0 Å². The van der Waals surface area contributed by atoms with Gasteiger partial charge < -0.3 is 25.4 Å². The Morgan fingerprint density at radius 2 is 1.95 bits per heavy atom. The van der Waals surface area contributed by atoms with Crippen molar-refractivity contribution in [2.45, 2.75) is 13.3 Å². The van der Waals surface area contributed by atoms with Gasteiger partial charge in [-0.25, -0.2) is 9.97 Å². The number of hydrogen-bond acceptors (Lipinski definition) is 10. The summed E-state index contributed by atoms with van der Waals surface area (Å²) < 4.78 is 11.1. The number of anilines is 2. The van der Waals surface area contributed by atoms with Crippen LogP contribution >= 0.6 is 0 Å². The highest BCUT2D eigenvalue weighted by Gasteiger charge is 2.20. The second kappa shape index (κ2) is 13.5. The summed E-state index contributed by atoms with van der Waals surface area (Å²) in [6.07, 6.45) is 1.95. The molecule has 0 atom stereocenters. The van der Waals surface area contributed by atoms with E-state index in [1.54, 1.807) is 30.3 Å². The number of hydrogen-bond donors (Lipinski definition) is 2. The number of piperazine rings is 1. The van der Waals surface area contributed by atoms with Gasteiger partial charge in [-0.3, -0.25) is 14.5 Å². The van der Waals surface area contributed by atoms with E-state index in [9.17, 15) is 14.9 Å². The quantitative estimate of drug-likeness (QED) is 0.210. The predicted octanol–water partition coefficient (Wildman–Crippen LogP) is 2.82. The maximum Gasteiger partial charge on any atom is 0.320 e. The molecule has 11 nitrogen and oxygen atoms in total. The van der Waals surface area contributed by atoms with Crippen LogP contribution in [0.3, 0.4) is 0 Å². The number of nitrogens with two attached hydrogens (primary N) is 1. The number of carbonyl (C=O) groups is 2. The number of esters is 1. The van der Waals surface area contributed by atoms with E-state index in [1.807, 2.05) is 13.0 Å². The molecule has 0 unspecified atom stereocenters. The molecule has 1 aromatic heterocycles. The Labute approximate surface area is 233 Å². The highest BCUT2D eigenvalue weighted by Crippen LogP contribution is 2.35. The average molecular weight is 544 g/mol. The van der Waals surface area contributed by atoms with Gasteiger partial charge in [-0.2, -0.15) is 5.26 Å². The van der Waals surface area contributed by atoms with Crippen LogP contribution in [0.1, 0.15) is 18.9 Å². The Kier molecular flexibility index (Phi) is 9.62. The molecule has 11 heteroatoms. The number of ether oxygens (including phenoxy) is 2. The van der Waals surface area contributed by atoms with Crippen LogP contribution in [0.15, 0.2) is 49.1 Å². The molecule has 3 N–H and O–H groups in total. The standard InChI is InChI=1S/C29H33N7O4/c1-3-26(37)32-24-16-22-23(33-29(31)34-28(22)21-8-5-7-20(15-21)18-30)17-25(24)40-14-6-9-35-10-12-36(13-11-35)19-27(38)39-4-2/h3,5,7-8,15-17H,1,4,6,9-14,19H2,2H3,(H,32,37)(H2,31,33,34). The molecular weight excluding hydrogens is 510 g/mol. The van der Waals surface area contributed by atoms with Crippen LogP contribution in [0, 0.1) is 11.3 Å². The largest absolute Gasteiger partial charge is 0.491 e. The third-order valence-corrected chi connectivity index (χ3v) is 6.52. The van der Waals surface area contributed by atoms with E-state index in [0.29, 0.717) is 58.9 Å². The summed E-state index contributed by atoms with van der Waals surface area (Å²) in [5, 5.41) is 12.8. The Balaban J connectivity index is 1.46. The number of amides is 1. The normalized spacial score (nSPS) is 13.9. The Morgan fingerprint density at radius 3 is 2.67 bits per heavy atom. The van der Waals surface area contributed by atoms with Crippen molar-refractivity contribution in [2.75, 3.05) is 63.5 Å². The topological polar surface area (TPSA) is 147 Å². The van der Waals surface area contributed by atoms with Gasteiger partial charge in [0.25, 0.3) is 0 Å². The number of nitrogens with zero attached hydrogens (tertiary/aromatic N) is 5. The Hall–Kier alpha value is -4.53. The van der Waals surface area contributed by atoms with Crippen molar-refractivity contribution < 1.29 is 19.1 Å². The number of nitrogen functional groups attached to an aromatic ring is 1. The van der Waals surface area contributed by atoms with Gasteiger partial charge in [0, 0.05) is 49.7 Å². The molecule has 0 radical (unpaired) electrons. The van der Waals surface area contributed by atoms with Gasteiger partial charge in [0.2, 0.25) is 11.9 Å². The highest BCUT2D eigenvalue weighted by molar-refractivity contribution is 6.03. The van der Waals surface area contributed by atoms with E-state index in [1.165, 1.54) is 6.08 Å². The molecule has 3 aromatic rings. The molecule has 208 valence electrons. The number of benzene rings is 2. The van der Waals surface area contributed by atoms with Gasteiger partial charge in [-0.05, 0) is 37.6 Å². The van der Waals surface area contributed by atoms with Crippen molar-refractivity contribution in [2.24, 2.45) is 0 Å². The summed E-state index contributed by atoms with van der Waals surface area (Å²) in [6.45, 7) is 10.7. The van der Waals surface area contributed by atoms with E-state index in [-0.39, 0.29) is 17.8 Å². The van der Waals surface area contributed by atoms with Crippen LogP contribution < -0.4 is 15.8 Å². The third kappa shape index (κ3) is 7.31. The molecule has 1 aliphatic rings. The smallest absolute Gasteiger partial charge is 0.320 e. The second-order valence-electron chi connectivity index (χ2n) is 9.31. The minimum absolute atomic E-state index is 0.0841.